The van der Waals surface area contributed by atoms with E-state index in [9.17, 15) is 8.42 Å². The van der Waals surface area contributed by atoms with Gasteiger partial charge in [0.2, 0.25) is 10.0 Å². The lowest BCUT2D eigenvalue weighted by Crippen LogP contribution is -2.32. The highest BCUT2D eigenvalue weighted by Gasteiger charge is 2.14. The molecule has 17 heavy (non-hydrogen) atoms. The normalized spacial score (nSPS) is 14.2. The maximum atomic E-state index is 11.5. The van der Waals surface area contributed by atoms with Gasteiger partial charge in [0.1, 0.15) is 0 Å². The lowest BCUT2D eigenvalue weighted by Gasteiger charge is -2.14. The van der Waals surface area contributed by atoms with Gasteiger partial charge in [-0.2, -0.15) is 0 Å². The zero-order valence-electron chi connectivity index (χ0n) is 10.1. The van der Waals surface area contributed by atoms with Crippen LogP contribution in [0.5, 0.6) is 0 Å². The SMILES string of the molecule is CC(NCCS(=O)(=O)N(C)C)c1csc(Cl)c1. The van der Waals surface area contributed by atoms with E-state index in [-0.39, 0.29) is 11.8 Å². The molecule has 1 aromatic rings. The van der Waals surface area contributed by atoms with Crippen molar-refractivity contribution in [2.24, 2.45) is 0 Å². The molecule has 0 fully saturated rings. The molecule has 0 bridgehead atoms. The number of halogens is 1. The van der Waals surface area contributed by atoms with Crippen LogP contribution in [0.1, 0.15) is 18.5 Å². The van der Waals surface area contributed by atoms with Gasteiger partial charge in [0, 0.05) is 26.7 Å². The highest BCUT2D eigenvalue weighted by molar-refractivity contribution is 7.89. The summed E-state index contributed by atoms with van der Waals surface area (Å²) >= 11 is 7.32. The van der Waals surface area contributed by atoms with E-state index in [1.165, 1.54) is 29.7 Å². The monoisotopic (exact) mass is 296 g/mol. The Labute approximate surface area is 112 Å². The third-order valence-electron chi connectivity index (χ3n) is 2.45. The fourth-order valence-electron chi connectivity index (χ4n) is 1.26. The lowest BCUT2D eigenvalue weighted by atomic mass is 10.2. The van der Waals surface area contributed by atoms with E-state index in [1.807, 2.05) is 18.4 Å². The molecule has 1 unspecified atom stereocenters. The summed E-state index contributed by atoms with van der Waals surface area (Å²) in [4.78, 5) is 0. The molecule has 1 aromatic heterocycles. The second-order valence-electron chi connectivity index (χ2n) is 3.96. The third kappa shape index (κ3) is 4.56. The van der Waals surface area contributed by atoms with Crippen LogP contribution in [0.3, 0.4) is 0 Å². The Morgan fingerprint density at radius 3 is 2.65 bits per heavy atom. The van der Waals surface area contributed by atoms with Crippen molar-refractivity contribution in [3.63, 3.8) is 0 Å². The highest BCUT2D eigenvalue weighted by atomic mass is 35.5. The summed E-state index contributed by atoms with van der Waals surface area (Å²) in [6, 6.07) is 2.00. The summed E-state index contributed by atoms with van der Waals surface area (Å²) in [6.45, 7) is 2.41. The van der Waals surface area contributed by atoms with Gasteiger partial charge in [-0.25, -0.2) is 12.7 Å². The number of rotatable bonds is 6. The Hall–Kier alpha value is -0.140. The van der Waals surface area contributed by atoms with Crippen molar-refractivity contribution >= 4 is 33.0 Å². The second kappa shape index (κ2) is 6.15. The molecule has 0 aliphatic rings. The summed E-state index contributed by atoms with van der Waals surface area (Å²) in [5, 5.41) is 5.14. The van der Waals surface area contributed by atoms with E-state index in [0.717, 1.165) is 9.90 Å². The van der Waals surface area contributed by atoms with Crippen molar-refractivity contribution in [1.29, 1.82) is 0 Å². The first-order valence-corrected chi connectivity index (χ1v) is 8.07. The molecule has 0 radical (unpaired) electrons. The van der Waals surface area contributed by atoms with Crippen LogP contribution in [0, 0.1) is 0 Å². The Kier molecular flexibility index (Phi) is 5.40. The summed E-state index contributed by atoms with van der Waals surface area (Å²) in [5.74, 6) is 0.0994. The number of sulfonamides is 1. The van der Waals surface area contributed by atoms with Crippen molar-refractivity contribution < 1.29 is 8.42 Å². The van der Waals surface area contributed by atoms with Crippen LogP contribution in [-0.4, -0.2) is 39.1 Å². The molecule has 0 saturated carbocycles. The zero-order valence-corrected chi connectivity index (χ0v) is 12.5. The first-order valence-electron chi connectivity index (χ1n) is 5.20. The van der Waals surface area contributed by atoms with Gasteiger partial charge in [0.25, 0.3) is 0 Å². The summed E-state index contributed by atoms with van der Waals surface area (Å²) < 4.78 is 25.0. The smallest absolute Gasteiger partial charge is 0.214 e. The molecule has 7 heteroatoms. The lowest BCUT2D eigenvalue weighted by molar-refractivity contribution is 0.512. The molecule has 0 aliphatic carbocycles. The summed E-state index contributed by atoms with van der Waals surface area (Å²) in [5.41, 5.74) is 1.09. The quantitative estimate of drug-likeness (QED) is 0.873. The van der Waals surface area contributed by atoms with Gasteiger partial charge in [-0.3, -0.25) is 0 Å². The molecule has 4 nitrogen and oxygen atoms in total. The standard InChI is InChI=1S/C10H17ClN2O2S2/c1-8(9-6-10(11)16-7-9)12-4-5-17(14,15)13(2)3/h6-8,12H,4-5H2,1-3H3. The van der Waals surface area contributed by atoms with Crippen LogP contribution in [0.15, 0.2) is 11.4 Å². The molecular weight excluding hydrogens is 280 g/mol. The van der Waals surface area contributed by atoms with Gasteiger partial charge in [0.05, 0.1) is 10.1 Å². The Bertz CT molecular complexity index is 457. The molecular formula is C10H17ClN2O2S2. The second-order valence-corrected chi connectivity index (χ2v) is 7.80. The largest absolute Gasteiger partial charge is 0.309 e. The van der Waals surface area contributed by atoms with Crippen LogP contribution in [0.4, 0.5) is 0 Å². The van der Waals surface area contributed by atoms with E-state index < -0.39 is 10.0 Å². The van der Waals surface area contributed by atoms with Crippen LogP contribution in [0.2, 0.25) is 4.34 Å². The predicted octanol–water partition coefficient (Wildman–Crippen LogP) is 1.94. The molecule has 0 amide bonds. The third-order valence-corrected chi connectivity index (χ3v) is 5.40. The first-order chi connectivity index (χ1) is 7.83. The zero-order chi connectivity index (χ0) is 13.1. The fourth-order valence-corrected chi connectivity index (χ4v) is 2.98. The Morgan fingerprint density at radius 1 is 1.53 bits per heavy atom. The number of nitrogens with zero attached hydrogens (tertiary/aromatic N) is 1. The number of nitrogens with one attached hydrogen (secondary N) is 1. The van der Waals surface area contributed by atoms with Gasteiger partial charge in [-0.15, -0.1) is 11.3 Å². The maximum absolute atomic E-state index is 11.5. The van der Waals surface area contributed by atoms with E-state index in [0.29, 0.717) is 6.54 Å². The molecule has 1 N–H and O–H groups in total. The molecule has 0 spiro atoms. The average molecular weight is 297 g/mol. The van der Waals surface area contributed by atoms with E-state index in [1.54, 1.807) is 0 Å². The van der Waals surface area contributed by atoms with Gasteiger partial charge in [0.15, 0.2) is 0 Å². The summed E-state index contributed by atoms with van der Waals surface area (Å²) in [6.07, 6.45) is 0. The molecule has 1 atom stereocenters. The van der Waals surface area contributed by atoms with Crippen LogP contribution >= 0.6 is 22.9 Å². The Morgan fingerprint density at radius 2 is 2.18 bits per heavy atom. The number of hydrogen-bond donors (Lipinski definition) is 1. The average Bonchev–Trinajstić information content (AvgIpc) is 2.64. The minimum absolute atomic E-state index is 0.0994. The Balaban J connectivity index is 2.42. The minimum Gasteiger partial charge on any atom is -0.309 e. The molecule has 0 aromatic carbocycles. The van der Waals surface area contributed by atoms with Gasteiger partial charge < -0.3 is 5.32 Å². The predicted molar refractivity (Wildman–Crippen MR) is 73.2 cm³/mol. The summed E-state index contributed by atoms with van der Waals surface area (Å²) in [7, 11) is -0.0453. The van der Waals surface area contributed by atoms with E-state index in [2.05, 4.69) is 5.32 Å². The molecule has 1 heterocycles. The van der Waals surface area contributed by atoms with Crippen molar-refractivity contribution in [2.75, 3.05) is 26.4 Å². The van der Waals surface area contributed by atoms with Crippen molar-refractivity contribution in [3.8, 4) is 0 Å². The number of hydrogen-bond acceptors (Lipinski definition) is 4. The molecule has 0 aliphatic heterocycles. The highest BCUT2D eigenvalue weighted by Crippen LogP contribution is 2.24. The van der Waals surface area contributed by atoms with E-state index >= 15 is 0 Å². The molecule has 98 valence electrons. The van der Waals surface area contributed by atoms with Gasteiger partial charge in [-0.05, 0) is 23.9 Å². The van der Waals surface area contributed by atoms with Crippen molar-refractivity contribution in [1.82, 2.24) is 9.62 Å². The topological polar surface area (TPSA) is 49.4 Å². The fraction of sp³-hybridized carbons (Fsp3) is 0.600. The van der Waals surface area contributed by atoms with Crippen LogP contribution in [0.25, 0.3) is 0 Å². The van der Waals surface area contributed by atoms with Crippen LogP contribution < -0.4 is 5.32 Å². The van der Waals surface area contributed by atoms with E-state index in [4.69, 9.17) is 11.6 Å². The van der Waals surface area contributed by atoms with Gasteiger partial charge in [-0.1, -0.05) is 11.6 Å². The van der Waals surface area contributed by atoms with Gasteiger partial charge >= 0.3 is 0 Å². The van der Waals surface area contributed by atoms with Crippen LogP contribution in [-0.2, 0) is 10.0 Å². The molecule has 0 saturated heterocycles. The number of thiophene rings is 1. The maximum Gasteiger partial charge on any atom is 0.214 e. The molecule has 1 rings (SSSR count). The minimum atomic E-state index is -3.12. The first kappa shape index (κ1) is 14.9. The van der Waals surface area contributed by atoms with Crippen molar-refractivity contribution in [2.45, 2.75) is 13.0 Å². The van der Waals surface area contributed by atoms with Crippen molar-refractivity contribution in [3.05, 3.63) is 21.3 Å².